The molecule has 0 spiro atoms. The van der Waals surface area contributed by atoms with Gasteiger partial charge < -0.3 is 14.9 Å². The van der Waals surface area contributed by atoms with E-state index in [9.17, 15) is 29.3 Å². The predicted molar refractivity (Wildman–Crippen MR) is 97.7 cm³/mol. The lowest BCUT2D eigenvalue weighted by Crippen LogP contribution is -2.48. The Balaban J connectivity index is 2.03. The van der Waals surface area contributed by atoms with E-state index >= 15 is 0 Å². The van der Waals surface area contributed by atoms with Gasteiger partial charge in [0.05, 0.1) is 0 Å². The van der Waals surface area contributed by atoms with Crippen molar-refractivity contribution in [3.05, 3.63) is 10.1 Å². The molecule has 0 bridgehead atoms. The van der Waals surface area contributed by atoms with Crippen LogP contribution in [0, 0.1) is 16.0 Å². The van der Waals surface area contributed by atoms with Crippen LogP contribution in [0.25, 0.3) is 0 Å². The molecule has 29 heavy (non-hydrogen) atoms. The molecule has 1 saturated heterocycles. The molecule has 0 aromatic carbocycles. The van der Waals surface area contributed by atoms with Gasteiger partial charge in [-0.05, 0) is 46.0 Å². The Morgan fingerprint density at radius 1 is 1.17 bits per heavy atom. The monoisotopic (exact) mass is 413 g/mol. The van der Waals surface area contributed by atoms with Gasteiger partial charge in [0.25, 0.3) is 11.8 Å². The minimum Gasteiger partial charge on any atom is -0.444 e. The van der Waals surface area contributed by atoms with Crippen LogP contribution in [0.1, 0.15) is 65.7 Å². The van der Waals surface area contributed by atoms with E-state index in [0.717, 1.165) is 0 Å². The Morgan fingerprint density at radius 3 is 2.21 bits per heavy atom. The first kappa shape index (κ1) is 22.6. The number of hydroxylamine groups is 2. The van der Waals surface area contributed by atoms with E-state index in [-0.39, 0.29) is 30.1 Å². The van der Waals surface area contributed by atoms with Crippen LogP contribution in [-0.2, 0) is 24.0 Å². The highest BCUT2D eigenvalue weighted by Crippen LogP contribution is 2.29. The molecule has 0 aromatic rings. The zero-order chi connectivity index (χ0) is 21.8. The number of rotatable bonds is 6. The Labute approximate surface area is 168 Å². The lowest BCUT2D eigenvalue weighted by Gasteiger charge is -2.28. The van der Waals surface area contributed by atoms with Gasteiger partial charge in [0.2, 0.25) is 6.04 Å². The number of hydrogen-bond donors (Lipinski definition) is 1. The molecule has 1 saturated carbocycles. The van der Waals surface area contributed by atoms with Gasteiger partial charge in [-0.25, -0.2) is 9.59 Å². The molecular formula is C18H27N3O8. The van der Waals surface area contributed by atoms with Gasteiger partial charge in [-0.2, -0.15) is 0 Å². The molecule has 1 heterocycles. The van der Waals surface area contributed by atoms with E-state index in [4.69, 9.17) is 9.57 Å². The summed E-state index contributed by atoms with van der Waals surface area (Å²) >= 11 is 0. The summed E-state index contributed by atoms with van der Waals surface area (Å²) in [6.07, 6.45) is 1.06. The highest BCUT2D eigenvalue weighted by atomic mass is 16.7. The lowest BCUT2D eigenvalue weighted by atomic mass is 9.82. The summed E-state index contributed by atoms with van der Waals surface area (Å²) in [5.41, 5.74) is -0.788. The molecule has 3 amide bonds. The number of carbonyl (C=O) groups excluding carboxylic acids is 4. The lowest BCUT2D eigenvalue weighted by molar-refractivity contribution is -0.527. The van der Waals surface area contributed by atoms with Gasteiger partial charge in [-0.3, -0.25) is 19.7 Å². The summed E-state index contributed by atoms with van der Waals surface area (Å²) in [5.74, 6) is -2.24. The van der Waals surface area contributed by atoms with Crippen molar-refractivity contribution in [3.63, 3.8) is 0 Å². The third kappa shape index (κ3) is 6.68. The maximum Gasteiger partial charge on any atom is 0.408 e. The highest BCUT2D eigenvalue weighted by molar-refractivity contribution is 6.01. The summed E-state index contributed by atoms with van der Waals surface area (Å²) < 4.78 is 5.17. The number of nitro groups is 1. The number of imide groups is 1. The SMILES string of the molecule is CC(C)(C)OC(=O)NC(CC1CCC([N+](=O)[O-])CC1)C(=O)ON1C(=O)CCC1=O. The van der Waals surface area contributed by atoms with Crippen LogP contribution in [0.2, 0.25) is 0 Å². The molecule has 1 aliphatic carbocycles. The van der Waals surface area contributed by atoms with Gasteiger partial charge in [0.15, 0.2) is 0 Å². The second-order valence-corrected chi connectivity index (χ2v) is 8.39. The molecule has 1 N–H and O–H groups in total. The smallest absolute Gasteiger partial charge is 0.408 e. The summed E-state index contributed by atoms with van der Waals surface area (Å²) in [6.45, 7) is 5.00. The van der Waals surface area contributed by atoms with Crippen molar-refractivity contribution < 1.29 is 33.7 Å². The second kappa shape index (κ2) is 9.19. The molecule has 11 heteroatoms. The van der Waals surface area contributed by atoms with E-state index in [1.54, 1.807) is 20.8 Å². The Kier molecular flexibility index (Phi) is 7.15. The van der Waals surface area contributed by atoms with Crippen LogP contribution < -0.4 is 5.32 Å². The maximum absolute atomic E-state index is 12.6. The highest BCUT2D eigenvalue weighted by Gasteiger charge is 2.38. The molecule has 0 radical (unpaired) electrons. The van der Waals surface area contributed by atoms with Crippen LogP contribution >= 0.6 is 0 Å². The molecule has 1 aliphatic heterocycles. The van der Waals surface area contributed by atoms with Crippen molar-refractivity contribution in [2.45, 2.75) is 83.4 Å². The van der Waals surface area contributed by atoms with E-state index in [2.05, 4.69) is 5.32 Å². The van der Waals surface area contributed by atoms with Gasteiger partial charge in [-0.1, -0.05) is 0 Å². The van der Waals surface area contributed by atoms with E-state index in [0.29, 0.717) is 30.7 Å². The van der Waals surface area contributed by atoms with E-state index in [1.165, 1.54) is 0 Å². The molecule has 0 aromatic heterocycles. The van der Waals surface area contributed by atoms with Crippen molar-refractivity contribution in [3.8, 4) is 0 Å². The number of carbonyl (C=O) groups is 4. The molecule has 1 unspecified atom stereocenters. The van der Waals surface area contributed by atoms with Crippen molar-refractivity contribution in [2.24, 2.45) is 5.92 Å². The van der Waals surface area contributed by atoms with Gasteiger partial charge in [0, 0.05) is 30.6 Å². The Bertz CT molecular complexity index is 663. The average molecular weight is 413 g/mol. The fourth-order valence-corrected chi connectivity index (χ4v) is 3.40. The number of alkyl carbamates (subject to hydrolysis) is 1. The van der Waals surface area contributed by atoms with Gasteiger partial charge in [-0.15, -0.1) is 5.06 Å². The third-order valence-corrected chi connectivity index (χ3v) is 4.85. The fraction of sp³-hybridized carbons (Fsp3) is 0.778. The largest absolute Gasteiger partial charge is 0.444 e. The summed E-state index contributed by atoms with van der Waals surface area (Å²) in [5, 5.41) is 13.8. The van der Waals surface area contributed by atoms with Crippen molar-refractivity contribution in [2.75, 3.05) is 0 Å². The standard InChI is InChI=1S/C18H27N3O8/c1-18(2,3)28-17(25)19-13(10-11-4-6-12(7-5-11)21(26)27)16(24)29-20-14(22)8-9-15(20)23/h11-13H,4-10H2,1-3H3,(H,19,25). The first-order chi connectivity index (χ1) is 13.5. The van der Waals surface area contributed by atoms with Crippen LogP contribution in [0.15, 0.2) is 0 Å². The quantitative estimate of drug-likeness (QED) is 0.393. The van der Waals surface area contributed by atoms with E-state index < -0.39 is 41.6 Å². The zero-order valence-corrected chi connectivity index (χ0v) is 16.8. The van der Waals surface area contributed by atoms with Crippen molar-refractivity contribution >= 4 is 23.9 Å². The number of amides is 3. The van der Waals surface area contributed by atoms with Crippen LogP contribution in [0.4, 0.5) is 4.79 Å². The summed E-state index contributed by atoms with van der Waals surface area (Å²) in [6, 6.07) is -1.75. The normalized spacial score (nSPS) is 23.5. The Morgan fingerprint density at radius 2 is 1.72 bits per heavy atom. The molecule has 2 rings (SSSR count). The number of ether oxygens (including phenoxy) is 1. The molecule has 2 aliphatic rings. The number of nitrogens with one attached hydrogen (secondary N) is 1. The van der Waals surface area contributed by atoms with Crippen molar-refractivity contribution in [1.82, 2.24) is 10.4 Å². The number of nitrogens with zero attached hydrogens (tertiary/aromatic N) is 2. The van der Waals surface area contributed by atoms with Crippen LogP contribution in [0.5, 0.6) is 0 Å². The van der Waals surface area contributed by atoms with Crippen LogP contribution in [0.3, 0.4) is 0 Å². The summed E-state index contributed by atoms with van der Waals surface area (Å²) in [4.78, 5) is 63.7. The first-order valence-corrected chi connectivity index (χ1v) is 9.67. The third-order valence-electron chi connectivity index (χ3n) is 4.85. The first-order valence-electron chi connectivity index (χ1n) is 9.67. The molecule has 1 atom stereocenters. The van der Waals surface area contributed by atoms with E-state index in [1.807, 2.05) is 0 Å². The van der Waals surface area contributed by atoms with Gasteiger partial charge in [0.1, 0.15) is 11.6 Å². The molecule has 162 valence electrons. The molecule has 11 nitrogen and oxygen atoms in total. The fourth-order valence-electron chi connectivity index (χ4n) is 3.40. The minimum atomic E-state index is -1.15. The van der Waals surface area contributed by atoms with Crippen molar-refractivity contribution in [1.29, 1.82) is 0 Å². The van der Waals surface area contributed by atoms with Crippen LogP contribution in [-0.4, -0.2) is 51.5 Å². The van der Waals surface area contributed by atoms with Gasteiger partial charge >= 0.3 is 12.1 Å². The maximum atomic E-state index is 12.6. The summed E-state index contributed by atoms with van der Waals surface area (Å²) in [7, 11) is 0. The number of hydrogen-bond acceptors (Lipinski definition) is 8. The molecular weight excluding hydrogens is 386 g/mol. The predicted octanol–water partition coefficient (Wildman–Crippen LogP) is 1.71. The minimum absolute atomic E-state index is 0.0405. The molecule has 2 fully saturated rings. The topological polar surface area (TPSA) is 145 Å². The Hall–Kier alpha value is -2.72. The zero-order valence-electron chi connectivity index (χ0n) is 16.8. The average Bonchev–Trinajstić information content (AvgIpc) is 2.92. The second-order valence-electron chi connectivity index (χ2n) is 8.39.